The number of nitrogens with zero attached hydrogens (tertiary/aromatic N) is 4. The van der Waals surface area contributed by atoms with Gasteiger partial charge in [-0.25, -0.2) is 14.7 Å². The molecular formula is C21H30N6O. The number of aliphatic imine (C=N–C) groups is 1. The van der Waals surface area contributed by atoms with E-state index in [1.807, 2.05) is 17.7 Å². The van der Waals surface area contributed by atoms with Crippen LogP contribution in [0.25, 0.3) is 0 Å². The van der Waals surface area contributed by atoms with Crippen LogP contribution in [0.1, 0.15) is 67.0 Å². The summed E-state index contributed by atoms with van der Waals surface area (Å²) in [5.41, 5.74) is 3.62. The van der Waals surface area contributed by atoms with E-state index in [2.05, 4.69) is 33.7 Å². The van der Waals surface area contributed by atoms with Crippen LogP contribution in [0.3, 0.4) is 0 Å². The van der Waals surface area contributed by atoms with Crippen molar-refractivity contribution < 1.29 is 5.11 Å². The van der Waals surface area contributed by atoms with Gasteiger partial charge in [0, 0.05) is 18.7 Å². The molecule has 1 aliphatic heterocycles. The van der Waals surface area contributed by atoms with E-state index in [-0.39, 0.29) is 6.04 Å². The molecule has 0 radical (unpaired) electrons. The van der Waals surface area contributed by atoms with Gasteiger partial charge in [0.05, 0.1) is 12.6 Å². The van der Waals surface area contributed by atoms with Crippen molar-refractivity contribution in [1.82, 2.24) is 25.4 Å². The molecule has 150 valence electrons. The average molecular weight is 383 g/mol. The van der Waals surface area contributed by atoms with Crippen LogP contribution in [-0.4, -0.2) is 32.4 Å². The largest absolute Gasteiger partial charge is 0.508 e. The second-order valence-electron chi connectivity index (χ2n) is 7.68. The maximum absolute atomic E-state index is 10.4. The minimum Gasteiger partial charge on any atom is -0.508 e. The highest BCUT2D eigenvalue weighted by Gasteiger charge is 2.24. The maximum Gasteiger partial charge on any atom is 0.192 e. The summed E-state index contributed by atoms with van der Waals surface area (Å²) in [6, 6.07) is 3.99. The molecule has 0 saturated carbocycles. The Morgan fingerprint density at radius 1 is 1.29 bits per heavy atom. The van der Waals surface area contributed by atoms with Crippen LogP contribution in [0.2, 0.25) is 0 Å². The van der Waals surface area contributed by atoms with Gasteiger partial charge in [0.15, 0.2) is 5.96 Å². The summed E-state index contributed by atoms with van der Waals surface area (Å²) in [6.45, 7) is 6.17. The molecule has 2 heterocycles. The highest BCUT2D eigenvalue weighted by molar-refractivity contribution is 5.80. The third kappa shape index (κ3) is 3.84. The van der Waals surface area contributed by atoms with Crippen molar-refractivity contribution in [2.75, 3.05) is 6.54 Å². The van der Waals surface area contributed by atoms with Crippen molar-refractivity contribution in [1.29, 1.82) is 0 Å². The van der Waals surface area contributed by atoms with Crippen LogP contribution in [0, 0.1) is 6.92 Å². The first-order valence-electron chi connectivity index (χ1n) is 10.4. The summed E-state index contributed by atoms with van der Waals surface area (Å²) in [5, 5.41) is 21.8. The van der Waals surface area contributed by atoms with E-state index in [4.69, 9.17) is 4.99 Å². The van der Waals surface area contributed by atoms with Gasteiger partial charge in [0.2, 0.25) is 0 Å². The summed E-state index contributed by atoms with van der Waals surface area (Å²) in [6.07, 6.45) is 6.62. The van der Waals surface area contributed by atoms with Gasteiger partial charge >= 0.3 is 0 Å². The number of phenols is 1. The molecule has 0 fully saturated rings. The molecule has 1 aromatic heterocycles. The molecule has 0 amide bonds. The quantitative estimate of drug-likeness (QED) is 0.559. The molecule has 1 aromatic carbocycles. The molecule has 7 nitrogen and oxygen atoms in total. The number of aromatic hydroxyl groups is 1. The van der Waals surface area contributed by atoms with E-state index in [1.54, 1.807) is 0 Å². The summed E-state index contributed by atoms with van der Waals surface area (Å²) in [7, 11) is 0. The van der Waals surface area contributed by atoms with Crippen molar-refractivity contribution in [2.24, 2.45) is 4.99 Å². The van der Waals surface area contributed by atoms with E-state index in [0.717, 1.165) is 61.9 Å². The number of nitrogens with one attached hydrogen (secondary N) is 2. The first-order valence-corrected chi connectivity index (χ1v) is 10.4. The Kier molecular flexibility index (Phi) is 5.50. The van der Waals surface area contributed by atoms with Crippen molar-refractivity contribution in [3.63, 3.8) is 0 Å². The molecule has 2 aliphatic rings. The number of rotatable bonds is 4. The highest BCUT2D eigenvalue weighted by atomic mass is 16.3. The Morgan fingerprint density at radius 3 is 3.00 bits per heavy atom. The Hall–Kier alpha value is -2.57. The van der Waals surface area contributed by atoms with Crippen LogP contribution >= 0.6 is 0 Å². The zero-order valence-corrected chi connectivity index (χ0v) is 16.8. The molecule has 4 rings (SSSR count). The van der Waals surface area contributed by atoms with Crippen molar-refractivity contribution in [3.05, 3.63) is 40.5 Å². The van der Waals surface area contributed by atoms with Gasteiger partial charge in [0.25, 0.3) is 0 Å². The lowest BCUT2D eigenvalue weighted by molar-refractivity contribution is 0.397. The van der Waals surface area contributed by atoms with Gasteiger partial charge in [-0.1, -0.05) is 6.07 Å². The fourth-order valence-electron chi connectivity index (χ4n) is 4.32. The second-order valence-corrected chi connectivity index (χ2v) is 7.68. The average Bonchev–Trinajstić information content (AvgIpc) is 3.08. The highest BCUT2D eigenvalue weighted by Crippen LogP contribution is 2.31. The molecule has 3 N–H and O–H groups in total. The number of fused-ring (bicyclic) bond motifs is 2. The number of aryl methyl sites for hydroxylation is 3. The lowest BCUT2D eigenvalue weighted by atomic mass is 9.88. The molecule has 0 bridgehead atoms. The number of aromatic nitrogens is 3. The van der Waals surface area contributed by atoms with E-state index >= 15 is 0 Å². The standard InChI is InChI=1S/C21H30N6O/c1-3-22-21(25-18-9-6-12-27-20(18)24-14(2)26-27)23-13-17-16-8-5-4-7-15(16)10-11-19(17)28/h10-11,18,28H,3-9,12-13H2,1-2H3,(H2,22,23,25). The van der Waals surface area contributed by atoms with Crippen molar-refractivity contribution in [3.8, 4) is 5.75 Å². The molecule has 28 heavy (non-hydrogen) atoms. The Labute approximate surface area is 166 Å². The molecule has 1 unspecified atom stereocenters. The zero-order valence-electron chi connectivity index (χ0n) is 16.8. The van der Waals surface area contributed by atoms with Crippen LogP contribution < -0.4 is 10.6 Å². The van der Waals surface area contributed by atoms with Gasteiger partial charge in [0.1, 0.15) is 17.4 Å². The monoisotopic (exact) mass is 382 g/mol. The molecule has 1 aliphatic carbocycles. The van der Waals surface area contributed by atoms with Crippen LogP contribution in [0.4, 0.5) is 0 Å². The third-order valence-electron chi connectivity index (χ3n) is 5.66. The van der Waals surface area contributed by atoms with E-state index in [0.29, 0.717) is 12.3 Å². The van der Waals surface area contributed by atoms with E-state index in [1.165, 1.54) is 24.0 Å². The number of guanidine groups is 1. The Bertz CT molecular complexity index is 872. The van der Waals surface area contributed by atoms with Gasteiger partial charge in [-0.15, -0.1) is 0 Å². The number of hydrogen-bond acceptors (Lipinski definition) is 4. The van der Waals surface area contributed by atoms with Gasteiger partial charge < -0.3 is 15.7 Å². The molecule has 0 saturated heterocycles. The second kappa shape index (κ2) is 8.20. The van der Waals surface area contributed by atoms with Gasteiger partial charge in [-0.2, -0.15) is 5.10 Å². The van der Waals surface area contributed by atoms with Gasteiger partial charge in [-0.3, -0.25) is 0 Å². The number of benzene rings is 1. The number of hydrogen-bond donors (Lipinski definition) is 3. The topological polar surface area (TPSA) is 87.4 Å². The van der Waals surface area contributed by atoms with E-state index < -0.39 is 0 Å². The first kappa shape index (κ1) is 18.8. The SMILES string of the molecule is CCNC(=NCc1c(O)ccc2c1CCCC2)NC1CCCn2nc(C)nc21. The molecule has 7 heteroatoms. The zero-order chi connectivity index (χ0) is 19.5. The smallest absolute Gasteiger partial charge is 0.192 e. The predicted molar refractivity (Wildman–Crippen MR) is 109 cm³/mol. The lowest BCUT2D eigenvalue weighted by Crippen LogP contribution is -2.41. The molecular weight excluding hydrogens is 352 g/mol. The number of phenolic OH excluding ortho intramolecular Hbond substituents is 1. The molecule has 0 spiro atoms. The molecule has 2 aromatic rings. The minimum absolute atomic E-state index is 0.103. The molecule has 1 atom stereocenters. The summed E-state index contributed by atoms with van der Waals surface area (Å²) < 4.78 is 2.00. The summed E-state index contributed by atoms with van der Waals surface area (Å²) in [4.78, 5) is 9.41. The summed E-state index contributed by atoms with van der Waals surface area (Å²) >= 11 is 0. The van der Waals surface area contributed by atoms with Crippen LogP contribution in [-0.2, 0) is 25.9 Å². The van der Waals surface area contributed by atoms with E-state index in [9.17, 15) is 5.11 Å². The third-order valence-corrected chi connectivity index (χ3v) is 5.66. The normalized spacial score (nSPS) is 19.1. The van der Waals surface area contributed by atoms with Crippen molar-refractivity contribution in [2.45, 2.75) is 71.5 Å². The maximum atomic E-state index is 10.4. The summed E-state index contributed by atoms with van der Waals surface area (Å²) in [5.74, 6) is 2.91. The van der Waals surface area contributed by atoms with Crippen LogP contribution in [0.15, 0.2) is 17.1 Å². The van der Waals surface area contributed by atoms with Crippen LogP contribution in [0.5, 0.6) is 5.75 Å². The predicted octanol–water partition coefficient (Wildman–Crippen LogP) is 2.76. The minimum atomic E-state index is 0.103. The Morgan fingerprint density at radius 2 is 2.14 bits per heavy atom. The van der Waals surface area contributed by atoms with Crippen molar-refractivity contribution >= 4 is 5.96 Å². The van der Waals surface area contributed by atoms with Gasteiger partial charge in [-0.05, 0) is 69.6 Å². The first-order chi connectivity index (χ1) is 13.7. The fourth-order valence-corrected chi connectivity index (χ4v) is 4.32. The fraction of sp³-hybridized carbons (Fsp3) is 0.571. The Balaban J connectivity index is 1.55. The lowest BCUT2D eigenvalue weighted by Gasteiger charge is -2.25.